The van der Waals surface area contributed by atoms with Crippen LogP contribution in [0.25, 0.3) is 0 Å². The molecule has 0 spiro atoms. The summed E-state index contributed by atoms with van der Waals surface area (Å²) in [6.07, 6.45) is 13.4. The molecule has 5 fully saturated rings. The van der Waals surface area contributed by atoms with Gasteiger partial charge in [0.15, 0.2) is 5.83 Å². The van der Waals surface area contributed by atoms with Crippen molar-refractivity contribution in [2.24, 2.45) is 34.5 Å². The fraction of sp³-hybridized carbons (Fsp3) is 0.917. The van der Waals surface area contributed by atoms with Crippen LogP contribution in [0.5, 0.6) is 0 Å². The van der Waals surface area contributed by atoms with E-state index in [0.29, 0.717) is 16.7 Å². The van der Waals surface area contributed by atoms with E-state index < -0.39 is 12.0 Å². The minimum Gasteiger partial charge on any atom is -0.202 e. The summed E-state index contributed by atoms with van der Waals surface area (Å²) in [5, 5.41) is 0. The number of rotatable bonds is 3. The molecule has 0 heterocycles. The molecule has 0 aromatic rings. The molecule has 160 valence electrons. The van der Waals surface area contributed by atoms with Crippen LogP contribution in [-0.2, 0) is 0 Å². The molecule has 0 nitrogen and oxygen atoms in total. The van der Waals surface area contributed by atoms with E-state index in [4.69, 9.17) is 0 Å². The number of allylic oxidation sites excluding steroid dienone is 2. The van der Waals surface area contributed by atoms with Crippen LogP contribution >= 0.6 is 0 Å². The summed E-state index contributed by atoms with van der Waals surface area (Å²) >= 11 is 0. The number of alkyl halides is 3. The summed E-state index contributed by atoms with van der Waals surface area (Å²) in [4.78, 5) is 0. The van der Waals surface area contributed by atoms with Gasteiger partial charge in [0.05, 0.1) is 0 Å². The fourth-order valence-electron chi connectivity index (χ4n) is 7.30. The molecule has 4 heteroatoms. The molecule has 28 heavy (non-hydrogen) atoms. The maximum atomic E-state index is 13.2. The van der Waals surface area contributed by atoms with Crippen molar-refractivity contribution in [3.63, 3.8) is 0 Å². The van der Waals surface area contributed by atoms with Crippen molar-refractivity contribution < 1.29 is 17.6 Å². The smallest absolute Gasteiger partial charge is 0.202 e. The summed E-state index contributed by atoms with van der Waals surface area (Å²) in [7, 11) is 0. The minimum absolute atomic E-state index is 0.230. The third-order valence-corrected chi connectivity index (χ3v) is 9.45. The van der Waals surface area contributed by atoms with E-state index in [9.17, 15) is 17.6 Å². The van der Waals surface area contributed by atoms with Gasteiger partial charge in [-0.25, -0.2) is 4.39 Å². The molecular formula is C24H36F4. The lowest BCUT2D eigenvalue weighted by Crippen LogP contribution is -2.45. The quantitative estimate of drug-likeness (QED) is 0.417. The van der Waals surface area contributed by atoms with Crippen molar-refractivity contribution in [2.75, 3.05) is 0 Å². The molecule has 0 aromatic carbocycles. The third kappa shape index (κ3) is 4.17. The second-order valence-electron chi connectivity index (χ2n) is 11.0. The zero-order chi connectivity index (χ0) is 20.0. The van der Waals surface area contributed by atoms with Crippen molar-refractivity contribution in [3.8, 4) is 0 Å². The summed E-state index contributed by atoms with van der Waals surface area (Å²) in [6, 6.07) is 0. The molecule has 5 aliphatic rings. The molecule has 0 unspecified atom stereocenters. The summed E-state index contributed by atoms with van der Waals surface area (Å²) in [5.74, 6) is 0.188. The number of halogens is 4. The van der Waals surface area contributed by atoms with Crippen molar-refractivity contribution in [3.05, 3.63) is 11.9 Å². The molecule has 5 aliphatic carbocycles. The molecule has 0 aliphatic heterocycles. The second kappa shape index (κ2) is 7.61. The Morgan fingerprint density at radius 1 is 0.750 bits per heavy atom. The van der Waals surface area contributed by atoms with Crippen LogP contribution in [0.2, 0.25) is 0 Å². The molecule has 0 aromatic heterocycles. The maximum absolute atomic E-state index is 13.2. The standard InChI is InChI=1S/C24H36F4/c1-22-10-13-23(14-11-22,15-12-22)20-8-6-19(7-9-20)18-4-2-17(3-5-18)16-21(25)24(26,27)28/h16-20H,2-15H2,1H3. The van der Waals surface area contributed by atoms with E-state index in [2.05, 4.69) is 6.92 Å². The van der Waals surface area contributed by atoms with Gasteiger partial charge in [-0.15, -0.1) is 0 Å². The first kappa shape index (κ1) is 20.7. The zero-order valence-electron chi connectivity index (χ0n) is 17.3. The lowest BCUT2D eigenvalue weighted by molar-refractivity contribution is -0.109. The zero-order valence-corrected chi connectivity index (χ0v) is 17.3. The fourth-order valence-corrected chi connectivity index (χ4v) is 7.30. The van der Waals surface area contributed by atoms with Crippen LogP contribution in [0.3, 0.4) is 0 Å². The molecule has 0 radical (unpaired) electrons. The molecular weight excluding hydrogens is 364 g/mol. The Balaban J connectivity index is 1.25. The van der Waals surface area contributed by atoms with Gasteiger partial charge in [0, 0.05) is 0 Å². The highest BCUT2D eigenvalue weighted by Gasteiger charge is 2.50. The maximum Gasteiger partial charge on any atom is 0.442 e. The average Bonchev–Trinajstić information content (AvgIpc) is 2.69. The van der Waals surface area contributed by atoms with Crippen LogP contribution in [0.4, 0.5) is 17.6 Å². The van der Waals surface area contributed by atoms with Gasteiger partial charge in [-0.05, 0) is 130 Å². The Morgan fingerprint density at radius 2 is 1.21 bits per heavy atom. The van der Waals surface area contributed by atoms with Gasteiger partial charge in [0.2, 0.25) is 0 Å². The molecule has 0 atom stereocenters. The van der Waals surface area contributed by atoms with Gasteiger partial charge in [0.1, 0.15) is 0 Å². The number of fused-ring (bicyclic) bond motifs is 3. The molecule has 0 amide bonds. The lowest BCUT2D eigenvalue weighted by atomic mass is 9.48. The largest absolute Gasteiger partial charge is 0.442 e. The Labute approximate surface area is 167 Å². The summed E-state index contributed by atoms with van der Waals surface area (Å²) in [5.41, 5.74) is 1.28. The first-order valence-electron chi connectivity index (χ1n) is 11.6. The van der Waals surface area contributed by atoms with Crippen LogP contribution in [-0.4, -0.2) is 6.18 Å². The Bertz CT molecular complexity index is 549. The predicted molar refractivity (Wildman–Crippen MR) is 104 cm³/mol. The molecule has 0 saturated heterocycles. The van der Waals surface area contributed by atoms with Crippen LogP contribution in [0, 0.1) is 34.5 Å². The summed E-state index contributed by atoms with van der Waals surface area (Å²) in [6.45, 7) is 2.49. The van der Waals surface area contributed by atoms with E-state index in [1.165, 1.54) is 64.2 Å². The van der Waals surface area contributed by atoms with Gasteiger partial charge in [-0.1, -0.05) is 6.92 Å². The Kier molecular flexibility index (Phi) is 5.64. The van der Waals surface area contributed by atoms with Gasteiger partial charge >= 0.3 is 6.18 Å². The highest BCUT2D eigenvalue weighted by Crippen LogP contribution is 2.62. The molecule has 5 saturated carbocycles. The van der Waals surface area contributed by atoms with Gasteiger partial charge in [0.25, 0.3) is 0 Å². The van der Waals surface area contributed by atoms with Gasteiger partial charge in [-0.3, -0.25) is 0 Å². The van der Waals surface area contributed by atoms with Crippen molar-refractivity contribution in [2.45, 2.75) is 103 Å². The van der Waals surface area contributed by atoms with Gasteiger partial charge < -0.3 is 0 Å². The van der Waals surface area contributed by atoms with E-state index in [-0.39, 0.29) is 5.92 Å². The first-order chi connectivity index (χ1) is 13.2. The van der Waals surface area contributed by atoms with Crippen LogP contribution < -0.4 is 0 Å². The van der Waals surface area contributed by atoms with E-state index in [1.807, 2.05) is 0 Å². The van der Waals surface area contributed by atoms with E-state index in [0.717, 1.165) is 43.6 Å². The highest BCUT2D eigenvalue weighted by atomic mass is 19.4. The number of hydrogen-bond donors (Lipinski definition) is 0. The Morgan fingerprint density at radius 3 is 1.68 bits per heavy atom. The summed E-state index contributed by atoms with van der Waals surface area (Å²) < 4.78 is 50.4. The lowest BCUT2D eigenvalue weighted by Gasteiger charge is -2.57. The van der Waals surface area contributed by atoms with Gasteiger partial charge in [-0.2, -0.15) is 13.2 Å². The SMILES string of the molecule is CC12CCC(C3CCC(C4CCC(C=C(F)C(F)(F)F)CC4)CC3)(CC1)CC2. The highest BCUT2D eigenvalue weighted by molar-refractivity contribution is 5.04. The van der Waals surface area contributed by atoms with Crippen molar-refractivity contribution in [1.29, 1.82) is 0 Å². The molecule has 2 bridgehead atoms. The van der Waals surface area contributed by atoms with Crippen LogP contribution in [0.1, 0.15) is 96.8 Å². The third-order valence-electron chi connectivity index (χ3n) is 9.45. The monoisotopic (exact) mass is 400 g/mol. The predicted octanol–water partition coefficient (Wildman–Crippen LogP) is 8.38. The van der Waals surface area contributed by atoms with Crippen LogP contribution in [0.15, 0.2) is 11.9 Å². The van der Waals surface area contributed by atoms with E-state index in [1.54, 1.807) is 0 Å². The Hall–Kier alpha value is -0.540. The average molecular weight is 401 g/mol. The molecule has 0 N–H and O–H groups in total. The number of hydrogen-bond acceptors (Lipinski definition) is 0. The minimum atomic E-state index is -4.82. The first-order valence-corrected chi connectivity index (χ1v) is 11.6. The van der Waals surface area contributed by atoms with Crippen molar-refractivity contribution >= 4 is 0 Å². The topological polar surface area (TPSA) is 0 Å². The van der Waals surface area contributed by atoms with Crippen molar-refractivity contribution in [1.82, 2.24) is 0 Å². The second-order valence-corrected chi connectivity index (χ2v) is 11.0. The van der Waals surface area contributed by atoms with E-state index >= 15 is 0 Å². The normalized spacial score (nSPS) is 45.2. The molecule has 5 rings (SSSR count).